The molecule has 1 aliphatic rings. The number of H-pyrrole nitrogens is 1. The number of rotatable bonds is 0. The Bertz CT molecular complexity index is 1100. The summed E-state index contributed by atoms with van der Waals surface area (Å²) in [6.45, 7) is 22.1. The summed E-state index contributed by atoms with van der Waals surface area (Å²) in [6, 6.07) is 0. The zero-order chi connectivity index (χ0) is 25.4. The summed E-state index contributed by atoms with van der Waals surface area (Å²) in [5, 5.41) is 3.03. The number of hydrogen-bond donors (Lipinski definition) is 2. The summed E-state index contributed by atoms with van der Waals surface area (Å²) in [5.41, 5.74) is 2.50. The van der Waals surface area contributed by atoms with Crippen LogP contribution in [0.15, 0.2) is 69.7 Å². The Morgan fingerprint density at radius 3 is 1.80 bits per heavy atom. The van der Waals surface area contributed by atoms with E-state index in [1.165, 1.54) is 12.4 Å². The maximum Gasteiger partial charge on any atom is 0.269 e. The van der Waals surface area contributed by atoms with E-state index in [0.29, 0.717) is 0 Å². The molecule has 3 heterocycles. The minimum absolute atomic E-state index is 0. The van der Waals surface area contributed by atoms with Gasteiger partial charge in [-0.3, -0.25) is 24.5 Å². The third kappa shape index (κ3) is 12.1. The summed E-state index contributed by atoms with van der Waals surface area (Å²) < 4.78 is 1.65. The Labute approximate surface area is 211 Å². The first-order valence-corrected chi connectivity index (χ1v) is 10.8. The fraction of sp³-hybridized carbons (Fsp3) is 0.519. The predicted molar refractivity (Wildman–Crippen MR) is 149 cm³/mol. The zero-order valence-electron chi connectivity index (χ0n) is 21.4. The van der Waals surface area contributed by atoms with Crippen molar-refractivity contribution in [3.63, 3.8) is 0 Å². The van der Waals surface area contributed by atoms with Crippen LogP contribution in [0.1, 0.15) is 82.9 Å². The lowest BCUT2D eigenvalue weighted by Gasteiger charge is -2.21. The van der Waals surface area contributed by atoms with Gasteiger partial charge < -0.3 is 14.9 Å². The monoisotopic (exact) mass is 486 g/mol. The third-order valence-corrected chi connectivity index (χ3v) is 4.43. The second-order valence-corrected chi connectivity index (χ2v) is 10.7. The predicted octanol–water partition coefficient (Wildman–Crippen LogP) is 5.40. The van der Waals surface area contributed by atoms with Crippen molar-refractivity contribution in [3.05, 3.63) is 81.6 Å². The van der Waals surface area contributed by atoms with E-state index in [4.69, 9.17) is 0 Å². The number of aromatic nitrogens is 4. The fourth-order valence-electron chi connectivity index (χ4n) is 2.45. The van der Waals surface area contributed by atoms with E-state index in [2.05, 4.69) is 52.6 Å². The van der Waals surface area contributed by atoms with Crippen LogP contribution in [0, 0.1) is 5.41 Å². The van der Waals surface area contributed by atoms with Gasteiger partial charge in [-0.25, -0.2) is 0 Å². The average molecular weight is 487 g/mol. The minimum Gasteiger partial charge on any atom is -0.359 e. The number of hydrogen-bond acceptors (Lipinski definition) is 6. The molecule has 3 rings (SSSR count). The second kappa shape index (κ2) is 13.6. The summed E-state index contributed by atoms with van der Waals surface area (Å²) >= 11 is 0. The third-order valence-electron chi connectivity index (χ3n) is 4.43. The van der Waals surface area contributed by atoms with Gasteiger partial charge in [-0.1, -0.05) is 63.0 Å². The van der Waals surface area contributed by atoms with Crippen LogP contribution in [0.2, 0.25) is 0 Å². The number of aliphatic imine (C=N–C) groups is 1. The van der Waals surface area contributed by atoms with Crippen LogP contribution in [0.4, 0.5) is 0 Å². The van der Waals surface area contributed by atoms with Gasteiger partial charge in [0.1, 0.15) is 0 Å². The molecule has 0 aromatic carbocycles. The fourth-order valence-corrected chi connectivity index (χ4v) is 2.45. The van der Waals surface area contributed by atoms with Crippen LogP contribution in [0.3, 0.4) is 0 Å². The lowest BCUT2D eigenvalue weighted by Crippen LogP contribution is -2.32. The van der Waals surface area contributed by atoms with Gasteiger partial charge in [0.05, 0.1) is 24.3 Å². The van der Waals surface area contributed by atoms with E-state index < -0.39 is 0 Å². The van der Waals surface area contributed by atoms with E-state index in [-0.39, 0.29) is 42.3 Å². The molecule has 0 radical (unpaired) electrons. The highest BCUT2D eigenvalue weighted by Crippen LogP contribution is 2.26. The van der Waals surface area contributed by atoms with Crippen molar-refractivity contribution in [3.8, 4) is 0 Å². The molecule has 35 heavy (non-hydrogen) atoms. The van der Waals surface area contributed by atoms with Crippen LogP contribution in [0.5, 0.6) is 0 Å². The minimum atomic E-state index is -0.153. The molecule has 2 aromatic heterocycles. The molecule has 1 aliphatic heterocycles. The van der Waals surface area contributed by atoms with Gasteiger partial charge in [0.25, 0.3) is 11.1 Å². The lowest BCUT2D eigenvalue weighted by molar-refractivity contribution is 0.382. The summed E-state index contributed by atoms with van der Waals surface area (Å²) in [4.78, 5) is 36.5. The molecule has 0 bridgehead atoms. The summed E-state index contributed by atoms with van der Waals surface area (Å²) in [6.07, 6.45) is 11.2. The van der Waals surface area contributed by atoms with Crippen LogP contribution < -0.4 is 16.4 Å². The Balaban J connectivity index is 0. The van der Waals surface area contributed by atoms with Gasteiger partial charge in [0.15, 0.2) is 0 Å². The maximum absolute atomic E-state index is 11.2. The summed E-state index contributed by atoms with van der Waals surface area (Å²) in [5.74, 6) is 0. The van der Waals surface area contributed by atoms with E-state index in [9.17, 15) is 9.59 Å². The SMILES string of the molecule is C.C.C=C1C=NC(C(C)(C)C)=CN1.CC(C)(C)c1cncc(=O)[nH]1.CC(C)(C)n1ccncc1=O. The smallest absolute Gasteiger partial charge is 0.269 e. The number of nitrogens with zero attached hydrogens (tertiary/aromatic N) is 4. The first-order chi connectivity index (χ1) is 15.0. The lowest BCUT2D eigenvalue weighted by atomic mass is 9.92. The molecule has 0 amide bonds. The van der Waals surface area contributed by atoms with E-state index >= 15 is 0 Å². The van der Waals surface area contributed by atoms with Gasteiger partial charge >= 0.3 is 0 Å². The van der Waals surface area contributed by atoms with Crippen molar-refractivity contribution in [2.24, 2.45) is 10.4 Å². The standard InChI is InChI=1S/C9H14N2.2C8H12N2O.2CH4/c1-7-5-11-8(6-10-7)9(2,3)4;1-8(2,3)6-4-9-5-7(11)10-6;1-8(2,3)10-5-4-9-6-7(10)11;;/h5-6,10H,1H2,2-4H3;4-5H,1-3H3,(H,10,11);4-6H,1-3H3;2*1H4. The number of aromatic amines is 1. The van der Waals surface area contributed by atoms with Crippen molar-refractivity contribution in [1.29, 1.82) is 0 Å². The van der Waals surface area contributed by atoms with Crippen molar-refractivity contribution < 1.29 is 0 Å². The quantitative estimate of drug-likeness (QED) is 0.519. The zero-order valence-corrected chi connectivity index (χ0v) is 21.4. The maximum atomic E-state index is 11.2. The molecule has 2 N–H and O–H groups in total. The summed E-state index contributed by atoms with van der Waals surface area (Å²) in [7, 11) is 0. The second-order valence-electron chi connectivity index (χ2n) is 10.7. The van der Waals surface area contributed by atoms with Gasteiger partial charge in [-0.2, -0.15) is 0 Å². The van der Waals surface area contributed by atoms with Crippen molar-refractivity contribution in [2.75, 3.05) is 0 Å². The molecular weight excluding hydrogens is 440 g/mol. The molecule has 8 heteroatoms. The number of allylic oxidation sites excluding steroid dienone is 2. The highest BCUT2D eigenvalue weighted by molar-refractivity contribution is 5.79. The van der Waals surface area contributed by atoms with Gasteiger partial charge in [0.2, 0.25) is 0 Å². The molecular formula is C27H46N6O2. The first-order valence-electron chi connectivity index (χ1n) is 10.8. The normalized spacial score (nSPS) is 12.8. The Hall–Kier alpha value is -3.29. The van der Waals surface area contributed by atoms with E-state index in [1.54, 1.807) is 29.4 Å². The van der Waals surface area contributed by atoms with Crippen LogP contribution >= 0.6 is 0 Å². The molecule has 0 saturated carbocycles. The van der Waals surface area contributed by atoms with Crippen molar-refractivity contribution in [1.82, 2.24) is 24.8 Å². The van der Waals surface area contributed by atoms with Gasteiger partial charge in [0, 0.05) is 52.6 Å². The molecule has 0 fully saturated rings. The van der Waals surface area contributed by atoms with Crippen molar-refractivity contribution >= 4 is 6.21 Å². The average Bonchev–Trinajstić information content (AvgIpc) is 2.67. The van der Waals surface area contributed by atoms with Crippen molar-refractivity contribution in [2.45, 2.75) is 88.1 Å². The Kier molecular flexibility index (Phi) is 13.1. The van der Waals surface area contributed by atoms with Crippen LogP contribution in [-0.2, 0) is 11.0 Å². The Morgan fingerprint density at radius 1 is 0.857 bits per heavy atom. The molecule has 8 nitrogen and oxygen atoms in total. The number of nitrogens with one attached hydrogen (secondary N) is 2. The molecule has 0 saturated heterocycles. The molecule has 0 atom stereocenters. The molecule has 0 aliphatic carbocycles. The Morgan fingerprint density at radius 2 is 1.46 bits per heavy atom. The molecule has 0 unspecified atom stereocenters. The van der Waals surface area contributed by atoms with E-state index in [1.807, 2.05) is 47.7 Å². The van der Waals surface area contributed by atoms with Crippen LogP contribution in [-0.4, -0.2) is 25.7 Å². The molecule has 2 aromatic rings. The topological polar surface area (TPSA) is 105 Å². The van der Waals surface area contributed by atoms with Crippen LogP contribution in [0.25, 0.3) is 0 Å². The highest BCUT2D eigenvalue weighted by Gasteiger charge is 2.17. The van der Waals surface area contributed by atoms with Gasteiger partial charge in [-0.05, 0) is 20.8 Å². The largest absolute Gasteiger partial charge is 0.359 e. The van der Waals surface area contributed by atoms with E-state index in [0.717, 1.165) is 17.1 Å². The molecule has 0 spiro atoms. The highest BCUT2D eigenvalue weighted by atomic mass is 16.1. The molecule has 196 valence electrons. The van der Waals surface area contributed by atoms with Gasteiger partial charge in [-0.15, -0.1) is 0 Å². The first kappa shape index (κ1) is 33.9.